The molecular formula is C18H25Cl2N5O. The minimum atomic E-state index is -0.198. The fourth-order valence-electron chi connectivity index (χ4n) is 4.15. The van der Waals surface area contributed by atoms with Crippen LogP contribution in [0.15, 0.2) is 36.8 Å². The van der Waals surface area contributed by atoms with Gasteiger partial charge in [-0.05, 0) is 49.1 Å². The summed E-state index contributed by atoms with van der Waals surface area (Å²) in [6, 6.07) is 5.78. The minimum Gasteiger partial charge on any atom is -0.351 e. The third-order valence-corrected chi connectivity index (χ3v) is 5.49. The van der Waals surface area contributed by atoms with Gasteiger partial charge in [-0.1, -0.05) is 12.8 Å². The van der Waals surface area contributed by atoms with E-state index in [-0.39, 0.29) is 36.1 Å². The molecule has 3 heterocycles. The fourth-order valence-corrected chi connectivity index (χ4v) is 4.15. The summed E-state index contributed by atoms with van der Waals surface area (Å²) in [5.41, 5.74) is 0.842. The van der Waals surface area contributed by atoms with Crippen molar-refractivity contribution in [2.24, 2.45) is 11.3 Å². The lowest BCUT2D eigenvalue weighted by Gasteiger charge is -2.37. The Morgan fingerprint density at radius 1 is 1.35 bits per heavy atom. The maximum absolute atomic E-state index is 12.9. The molecule has 2 N–H and O–H groups in total. The van der Waals surface area contributed by atoms with Crippen molar-refractivity contribution in [3.63, 3.8) is 0 Å². The summed E-state index contributed by atoms with van der Waals surface area (Å²) in [5.74, 6) is 1.46. The molecule has 0 spiro atoms. The van der Waals surface area contributed by atoms with E-state index in [1.807, 2.05) is 24.4 Å². The van der Waals surface area contributed by atoms with Gasteiger partial charge in [0.2, 0.25) is 5.91 Å². The van der Waals surface area contributed by atoms with E-state index >= 15 is 0 Å². The number of pyridine rings is 1. The molecule has 1 saturated carbocycles. The highest BCUT2D eigenvalue weighted by Crippen LogP contribution is 2.43. The molecule has 2 aliphatic rings. The molecule has 0 unspecified atom stereocenters. The molecule has 1 amide bonds. The van der Waals surface area contributed by atoms with Crippen molar-refractivity contribution in [3.8, 4) is 5.82 Å². The SMILES string of the molecule is Cl.Cl.O=C(NCc1ccnc(-n2cccn2)c1)[C@@]12CCCC[C@H]1CNC2. The van der Waals surface area contributed by atoms with Crippen molar-refractivity contribution < 1.29 is 4.79 Å². The molecular weight excluding hydrogens is 373 g/mol. The molecule has 6 nitrogen and oxygen atoms in total. The van der Waals surface area contributed by atoms with Gasteiger partial charge >= 0.3 is 0 Å². The predicted octanol–water partition coefficient (Wildman–Crippen LogP) is 2.51. The number of aromatic nitrogens is 3. The van der Waals surface area contributed by atoms with E-state index in [4.69, 9.17) is 0 Å². The second-order valence-corrected chi connectivity index (χ2v) is 6.89. The Morgan fingerprint density at radius 2 is 2.23 bits per heavy atom. The first kappa shape index (κ1) is 20.7. The van der Waals surface area contributed by atoms with Gasteiger partial charge in [-0.25, -0.2) is 9.67 Å². The summed E-state index contributed by atoms with van der Waals surface area (Å²) < 4.78 is 1.72. The number of halogens is 2. The first-order chi connectivity index (χ1) is 11.8. The van der Waals surface area contributed by atoms with Crippen LogP contribution in [0.2, 0.25) is 0 Å². The summed E-state index contributed by atoms with van der Waals surface area (Å²) >= 11 is 0. The van der Waals surface area contributed by atoms with Gasteiger partial charge < -0.3 is 10.6 Å². The first-order valence-electron chi connectivity index (χ1n) is 8.72. The summed E-state index contributed by atoms with van der Waals surface area (Å²) in [4.78, 5) is 17.2. The Balaban J connectivity index is 0.00000121. The van der Waals surface area contributed by atoms with Gasteiger partial charge in [-0.2, -0.15) is 5.10 Å². The monoisotopic (exact) mass is 397 g/mol. The second kappa shape index (κ2) is 8.84. The van der Waals surface area contributed by atoms with Crippen LogP contribution in [0, 0.1) is 11.3 Å². The second-order valence-electron chi connectivity index (χ2n) is 6.89. The van der Waals surface area contributed by atoms with Gasteiger partial charge in [-0.3, -0.25) is 4.79 Å². The maximum atomic E-state index is 12.9. The first-order valence-corrected chi connectivity index (χ1v) is 8.72. The van der Waals surface area contributed by atoms with Gasteiger partial charge in [-0.15, -0.1) is 24.8 Å². The molecule has 8 heteroatoms. The Bertz CT molecular complexity index is 724. The lowest BCUT2D eigenvalue weighted by atomic mass is 9.67. The van der Waals surface area contributed by atoms with Crippen LogP contribution in [-0.2, 0) is 11.3 Å². The van der Waals surface area contributed by atoms with Crippen LogP contribution < -0.4 is 10.6 Å². The topological polar surface area (TPSA) is 71.8 Å². The van der Waals surface area contributed by atoms with E-state index in [2.05, 4.69) is 20.7 Å². The summed E-state index contributed by atoms with van der Waals surface area (Å²) in [6.07, 6.45) is 9.93. The van der Waals surface area contributed by atoms with Crippen molar-refractivity contribution in [2.75, 3.05) is 13.1 Å². The summed E-state index contributed by atoms with van der Waals surface area (Å²) in [7, 11) is 0. The smallest absolute Gasteiger partial charge is 0.228 e. The number of nitrogens with one attached hydrogen (secondary N) is 2. The predicted molar refractivity (Wildman–Crippen MR) is 105 cm³/mol. The molecule has 2 aromatic rings. The van der Waals surface area contributed by atoms with Crippen LogP contribution in [0.5, 0.6) is 0 Å². The van der Waals surface area contributed by atoms with E-state index in [1.54, 1.807) is 17.1 Å². The molecule has 2 fully saturated rings. The zero-order chi connectivity index (χ0) is 16.4. The highest BCUT2D eigenvalue weighted by molar-refractivity contribution is 5.85. The number of nitrogens with zero attached hydrogens (tertiary/aromatic N) is 3. The van der Waals surface area contributed by atoms with E-state index in [0.717, 1.165) is 37.3 Å². The van der Waals surface area contributed by atoms with Crippen LogP contribution in [-0.4, -0.2) is 33.8 Å². The standard InChI is InChI=1S/C18H23N5O.2ClH/c24-17(18-6-2-1-4-15(18)12-19-13-18)21-11-14-5-8-20-16(10-14)23-9-3-7-22-23;;/h3,5,7-10,15,19H,1-2,4,6,11-13H2,(H,21,24);2*1H/t15-,18+;;/m0../s1. The molecule has 2 atom stereocenters. The van der Waals surface area contributed by atoms with Gasteiger partial charge in [0.25, 0.3) is 0 Å². The molecule has 0 radical (unpaired) electrons. The van der Waals surface area contributed by atoms with Crippen LogP contribution in [0.25, 0.3) is 5.82 Å². The number of carbonyl (C=O) groups is 1. The number of carbonyl (C=O) groups excluding carboxylic acids is 1. The zero-order valence-electron chi connectivity index (χ0n) is 14.6. The van der Waals surface area contributed by atoms with Gasteiger partial charge in [0, 0.05) is 31.7 Å². The van der Waals surface area contributed by atoms with E-state index in [9.17, 15) is 4.79 Å². The number of rotatable bonds is 4. The van der Waals surface area contributed by atoms with Crippen LogP contribution in [0.4, 0.5) is 0 Å². The van der Waals surface area contributed by atoms with Gasteiger partial charge in [0.05, 0.1) is 5.41 Å². The van der Waals surface area contributed by atoms with Crippen molar-refractivity contribution in [1.82, 2.24) is 25.4 Å². The van der Waals surface area contributed by atoms with E-state index < -0.39 is 0 Å². The zero-order valence-corrected chi connectivity index (χ0v) is 16.2. The van der Waals surface area contributed by atoms with Gasteiger partial charge in [0.15, 0.2) is 5.82 Å². The molecule has 26 heavy (non-hydrogen) atoms. The quantitative estimate of drug-likeness (QED) is 0.830. The third-order valence-electron chi connectivity index (χ3n) is 5.49. The molecule has 1 aliphatic carbocycles. The van der Waals surface area contributed by atoms with Crippen LogP contribution in [0.1, 0.15) is 31.2 Å². The number of hydrogen-bond acceptors (Lipinski definition) is 4. The average molecular weight is 398 g/mol. The lowest BCUT2D eigenvalue weighted by molar-refractivity contribution is -0.134. The molecule has 2 aromatic heterocycles. The molecule has 1 aliphatic heterocycles. The Morgan fingerprint density at radius 3 is 3.04 bits per heavy atom. The average Bonchev–Trinajstić information content (AvgIpc) is 3.29. The van der Waals surface area contributed by atoms with Crippen LogP contribution in [0.3, 0.4) is 0 Å². The summed E-state index contributed by atoms with van der Waals surface area (Å²) in [5, 5.41) is 10.8. The highest BCUT2D eigenvalue weighted by atomic mass is 35.5. The maximum Gasteiger partial charge on any atom is 0.228 e. The molecule has 142 valence electrons. The molecule has 0 aromatic carbocycles. The normalized spacial score (nSPS) is 24.1. The van der Waals surface area contributed by atoms with Crippen molar-refractivity contribution >= 4 is 30.7 Å². The molecule has 0 bridgehead atoms. The Labute approximate surface area is 166 Å². The number of fused-ring (bicyclic) bond motifs is 1. The lowest BCUT2D eigenvalue weighted by Crippen LogP contribution is -2.47. The third kappa shape index (κ3) is 3.87. The van der Waals surface area contributed by atoms with E-state index in [1.165, 1.54) is 12.8 Å². The van der Waals surface area contributed by atoms with Crippen molar-refractivity contribution in [1.29, 1.82) is 0 Å². The molecule has 4 rings (SSSR count). The van der Waals surface area contributed by atoms with Crippen molar-refractivity contribution in [3.05, 3.63) is 42.4 Å². The number of hydrogen-bond donors (Lipinski definition) is 2. The van der Waals surface area contributed by atoms with E-state index in [0.29, 0.717) is 12.5 Å². The van der Waals surface area contributed by atoms with Crippen LogP contribution >= 0.6 is 24.8 Å². The van der Waals surface area contributed by atoms with Gasteiger partial charge in [0.1, 0.15) is 0 Å². The Kier molecular flexibility index (Phi) is 7.03. The largest absolute Gasteiger partial charge is 0.351 e. The van der Waals surface area contributed by atoms with Crippen molar-refractivity contribution in [2.45, 2.75) is 32.2 Å². The number of amides is 1. The molecule has 1 saturated heterocycles. The minimum absolute atomic E-state index is 0. The fraction of sp³-hybridized carbons (Fsp3) is 0.500. The highest BCUT2D eigenvalue weighted by Gasteiger charge is 2.49. The Hall–Kier alpha value is -1.63. The summed E-state index contributed by atoms with van der Waals surface area (Å²) in [6.45, 7) is 2.33.